The zero-order valence-corrected chi connectivity index (χ0v) is 18.3. The molecule has 6 rings (SSSR count). The summed E-state index contributed by atoms with van der Waals surface area (Å²) in [5.41, 5.74) is 4.96. The maximum Gasteiger partial charge on any atom is 0.188 e. The van der Waals surface area contributed by atoms with Gasteiger partial charge < -0.3 is 14.7 Å². The summed E-state index contributed by atoms with van der Waals surface area (Å²) < 4.78 is 1.21. The largest absolute Gasteiger partial charge is 0.362 e. The van der Waals surface area contributed by atoms with Crippen LogP contribution in [-0.2, 0) is 13.1 Å². The highest BCUT2D eigenvalue weighted by molar-refractivity contribution is 7.22. The monoisotopic (exact) mass is 419 g/mol. The first kappa shape index (κ1) is 18.6. The summed E-state index contributed by atoms with van der Waals surface area (Å²) in [6, 6.07) is 11.8. The topological polar surface area (TPSA) is 35.5 Å². The molecule has 1 aromatic carbocycles. The van der Waals surface area contributed by atoms with Gasteiger partial charge in [-0.15, -0.1) is 0 Å². The van der Waals surface area contributed by atoms with Crippen molar-refractivity contribution in [2.24, 2.45) is 0 Å². The Morgan fingerprint density at radius 1 is 0.867 bits per heavy atom. The fourth-order valence-corrected chi connectivity index (χ4v) is 6.34. The number of benzene rings is 1. The van der Waals surface area contributed by atoms with Gasteiger partial charge in [0.15, 0.2) is 10.8 Å². The third-order valence-corrected chi connectivity index (χ3v) is 8.12. The molecular weight excluding hydrogens is 390 g/mol. The number of piperidine rings is 2. The lowest BCUT2D eigenvalue weighted by Gasteiger charge is -2.40. The first-order valence-corrected chi connectivity index (χ1v) is 12.2. The number of nitrogens with zero attached hydrogens (tertiary/aromatic N) is 5. The van der Waals surface area contributed by atoms with Crippen LogP contribution in [0.15, 0.2) is 36.5 Å². The molecule has 0 amide bonds. The molecule has 0 aliphatic carbocycles. The van der Waals surface area contributed by atoms with Crippen LogP contribution in [0.2, 0.25) is 0 Å². The second-order valence-electron chi connectivity index (χ2n) is 8.95. The second kappa shape index (κ2) is 7.82. The summed E-state index contributed by atoms with van der Waals surface area (Å²) in [6.45, 7) is 6.79. The van der Waals surface area contributed by atoms with E-state index in [1.165, 1.54) is 66.7 Å². The zero-order chi connectivity index (χ0) is 19.9. The van der Waals surface area contributed by atoms with Crippen molar-refractivity contribution < 1.29 is 0 Å². The summed E-state index contributed by atoms with van der Waals surface area (Å²) >= 11 is 1.81. The summed E-state index contributed by atoms with van der Waals surface area (Å²) in [6.07, 6.45) is 8.71. The molecule has 0 N–H and O–H groups in total. The number of hydrogen-bond donors (Lipinski definition) is 0. The van der Waals surface area contributed by atoms with Gasteiger partial charge in [0.1, 0.15) is 0 Å². The maximum atomic E-state index is 4.88. The van der Waals surface area contributed by atoms with Crippen LogP contribution < -0.4 is 9.80 Å². The SMILES string of the molecule is c1ccc2c(c1)CN(c1cnc3nc(N4CCC(N5CCCCC5)CC4)sc3c1)C2. The minimum Gasteiger partial charge on any atom is -0.362 e. The Hall–Kier alpha value is -2.18. The molecule has 2 saturated heterocycles. The van der Waals surface area contributed by atoms with Crippen LogP contribution >= 0.6 is 11.3 Å². The maximum absolute atomic E-state index is 4.88. The average Bonchev–Trinajstić information content (AvgIpc) is 3.43. The molecule has 0 bridgehead atoms. The van der Waals surface area contributed by atoms with Gasteiger partial charge in [-0.2, -0.15) is 4.98 Å². The summed E-state index contributed by atoms with van der Waals surface area (Å²) in [5.74, 6) is 0. The van der Waals surface area contributed by atoms with Crippen LogP contribution in [0.4, 0.5) is 10.8 Å². The molecular formula is C24H29N5S. The molecule has 2 aromatic heterocycles. The highest BCUT2D eigenvalue weighted by atomic mass is 32.1. The van der Waals surface area contributed by atoms with E-state index in [1.54, 1.807) is 0 Å². The Kier molecular flexibility index (Phi) is 4.84. The Balaban J connectivity index is 1.16. The summed E-state index contributed by atoms with van der Waals surface area (Å²) in [7, 11) is 0. The minimum absolute atomic E-state index is 0.775. The van der Waals surface area contributed by atoms with Crippen molar-refractivity contribution in [1.29, 1.82) is 0 Å². The minimum atomic E-state index is 0.775. The van der Waals surface area contributed by atoms with E-state index in [0.717, 1.165) is 43.0 Å². The molecule has 0 saturated carbocycles. The van der Waals surface area contributed by atoms with Crippen LogP contribution in [0, 0.1) is 0 Å². The Morgan fingerprint density at radius 2 is 1.60 bits per heavy atom. The molecule has 30 heavy (non-hydrogen) atoms. The lowest BCUT2D eigenvalue weighted by atomic mass is 10.0. The lowest BCUT2D eigenvalue weighted by Crippen LogP contribution is -2.46. The van der Waals surface area contributed by atoms with Gasteiger partial charge in [-0.05, 0) is 56.0 Å². The molecule has 2 fully saturated rings. The average molecular weight is 420 g/mol. The molecule has 0 radical (unpaired) electrons. The van der Waals surface area contributed by atoms with Crippen LogP contribution in [0.5, 0.6) is 0 Å². The normalized spacial score (nSPS) is 20.8. The van der Waals surface area contributed by atoms with Crippen molar-refractivity contribution in [3.8, 4) is 0 Å². The van der Waals surface area contributed by atoms with Crippen molar-refractivity contribution in [3.63, 3.8) is 0 Å². The van der Waals surface area contributed by atoms with Crippen LogP contribution in [0.25, 0.3) is 10.3 Å². The molecule has 0 unspecified atom stereocenters. The molecule has 6 heteroatoms. The third-order valence-electron chi connectivity index (χ3n) is 7.07. The molecule has 5 nitrogen and oxygen atoms in total. The van der Waals surface area contributed by atoms with E-state index >= 15 is 0 Å². The lowest BCUT2D eigenvalue weighted by molar-refractivity contribution is 0.141. The molecule has 156 valence electrons. The van der Waals surface area contributed by atoms with Crippen LogP contribution in [-0.4, -0.2) is 47.1 Å². The van der Waals surface area contributed by atoms with Gasteiger partial charge in [0.05, 0.1) is 16.6 Å². The second-order valence-corrected chi connectivity index (χ2v) is 9.96. The fraction of sp³-hybridized carbons (Fsp3) is 0.500. The van der Waals surface area contributed by atoms with E-state index in [-0.39, 0.29) is 0 Å². The van der Waals surface area contributed by atoms with Gasteiger partial charge in [0.2, 0.25) is 0 Å². The quantitative estimate of drug-likeness (QED) is 0.617. The number of aromatic nitrogens is 2. The van der Waals surface area contributed by atoms with E-state index < -0.39 is 0 Å². The zero-order valence-electron chi connectivity index (χ0n) is 17.5. The number of hydrogen-bond acceptors (Lipinski definition) is 6. The molecule has 0 atom stereocenters. The first-order valence-electron chi connectivity index (χ1n) is 11.4. The Bertz CT molecular complexity index is 1010. The molecule has 3 aliphatic rings. The Morgan fingerprint density at radius 3 is 2.33 bits per heavy atom. The standard InChI is InChI=1S/C24H29N5S/c1-4-10-27(11-5-1)20-8-12-28(13-9-20)24-26-23-22(30-24)14-21(15-25-23)29-16-18-6-2-3-7-19(18)17-29/h2-3,6-7,14-15,20H,1,4-5,8-13,16-17H2. The van der Waals surface area contributed by atoms with E-state index in [0.29, 0.717) is 0 Å². The number of rotatable bonds is 3. The van der Waals surface area contributed by atoms with Crippen molar-refractivity contribution in [2.75, 3.05) is 36.0 Å². The molecule has 0 spiro atoms. The van der Waals surface area contributed by atoms with E-state index in [9.17, 15) is 0 Å². The number of pyridine rings is 1. The van der Waals surface area contributed by atoms with E-state index in [4.69, 9.17) is 9.97 Å². The predicted octanol–water partition coefficient (Wildman–Crippen LogP) is 4.67. The number of anilines is 2. The first-order chi connectivity index (χ1) is 14.8. The van der Waals surface area contributed by atoms with Crippen molar-refractivity contribution in [1.82, 2.24) is 14.9 Å². The summed E-state index contributed by atoms with van der Waals surface area (Å²) in [5, 5.41) is 1.15. The van der Waals surface area contributed by atoms with Crippen LogP contribution in [0.1, 0.15) is 43.2 Å². The van der Waals surface area contributed by atoms with Crippen molar-refractivity contribution in [2.45, 2.75) is 51.2 Å². The highest BCUT2D eigenvalue weighted by Crippen LogP contribution is 2.34. The van der Waals surface area contributed by atoms with E-state index in [1.807, 2.05) is 17.5 Å². The predicted molar refractivity (Wildman–Crippen MR) is 124 cm³/mol. The molecule has 5 heterocycles. The fourth-order valence-electron chi connectivity index (χ4n) is 5.33. The van der Waals surface area contributed by atoms with Crippen molar-refractivity contribution in [3.05, 3.63) is 47.7 Å². The molecule has 3 aromatic rings. The van der Waals surface area contributed by atoms with E-state index in [2.05, 4.69) is 45.0 Å². The van der Waals surface area contributed by atoms with Gasteiger partial charge in [-0.25, -0.2) is 4.98 Å². The third kappa shape index (κ3) is 3.46. The number of thiazole rings is 1. The van der Waals surface area contributed by atoms with Gasteiger partial charge in [0, 0.05) is 32.2 Å². The van der Waals surface area contributed by atoms with Gasteiger partial charge >= 0.3 is 0 Å². The number of likely N-dealkylation sites (tertiary alicyclic amines) is 1. The van der Waals surface area contributed by atoms with Gasteiger partial charge in [0.25, 0.3) is 0 Å². The van der Waals surface area contributed by atoms with Crippen LogP contribution in [0.3, 0.4) is 0 Å². The van der Waals surface area contributed by atoms with Crippen molar-refractivity contribution >= 4 is 32.5 Å². The summed E-state index contributed by atoms with van der Waals surface area (Å²) in [4.78, 5) is 17.2. The van der Waals surface area contributed by atoms with Gasteiger partial charge in [-0.1, -0.05) is 42.0 Å². The van der Waals surface area contributed by atoms with Gasteiger partial charge in [-0.3, -0.25) is 0 Å². The Labute approximate surface area is 182 Å². The highest BCUT2D eigenvalue weighted by Gasteiger charge is 2.27. The molecule has 3 aliphatic heterocycles. The smallest absolute Gasteiger partial charge is 0.188 e. The number of fused-ring (bicyclic) bond motifs is 2.